The molecule has 0 fully saturated rings. The number of benzene rings is 1. The molecule has 17 heavy (non-hydrogen) atoms. The largest absolute Gasteiger partial charge is 0.282 e. The van der Waals surface area contributed by atoms with Gasteiger partial charge >= 0.3 is 0 Å². The summed E-state index contributed by atoms with van der Waals surface area (Å²) in [5.41, 5.74) is 1.30. The number of fused-ring (bicyclic) bond motifs is 1. The highest BCUT2D eigenvalue weighted by atomic mass is 32.2. The lowest BCUT2D eigenvalue weighted by atomic mass is 10.1. The van der Waals surface area contributed by atoms with Gasteiger partial charge in [-0.3, -0.25) is 14.7 Å². The Bertz CT molecular complexity index is 719. The van der Waals surface area contributed by atoms with Crippen molar-refractivity contribution in [1.82, 2.24) is 9.97 Å². The molecule has 0 radical (unpaired) electrons. The lowest BCUT2D eigenvalue weighted by Crippen LogP contribution is -2.11. The van der Waals surface area contributed by atoms with Crippen LogP contribution in [0, 0.1) is 11.3 Å². The second-order valence-corrected chi connectivity index (χ2v) is 5.15. The molecule has 0 spiro atoms. The van der Waals surface area contributed by atoms with Crippen LogP contribution in [0.3, 0.4) is 0 Å². The van der Waals surface area contributed by atoms with Gasteiger partial charge in [-0.2, -0.15) is 5.26 Å². The van der Waals surface area contributed by atoms with Gasteiger partial charge in [0.05, 0.1) is 17.5 Å². The maximum Gasteiger partial charge on any atom is 0.229 e. The molecule has 1 aromatic carbocycles. The SMILES string of the molecule is CS(=O)(=O)Nc1ccc2nccnc2c1C#N. The molecule has 0 aliphatic rings. The zero-order valence-electron chi connectivity index (χ0n) is 8.88. The molecule has 0 saturated heterocycles. The van der Waals surface area contributed by atoms with Crippen LogP contribution in [0.5, 0.6) is 0 Å². The van der Waals surface area contributed by atoms with Crippen molar-refractivity contribution in [2.24, 2.45) is 0 Å². The minimum atomic E-state index is -3.43. The highest BCUT2D eigenvalue weighted by Gasteiger charge is 2.11. The number of anilines is 1. The number of aromatic nitrogens is 2. The van der Waals surface area contributed by atoms with Gasteiger partial charge in [0.15, 0.2) is 0 Å². The Balaban J connectivity index is 2.71. The molecule has 6 nitrogen and oxygen atoms in total. The van der Waals surface area contributed by atoms with Crippen LogP contribution in [-0.2, 0) is 10.0 Å². The number of sulfonamides is 1. The number of hydrogen-bond acceptors (Lipinski definition) is 5. The summed E-state index contributed by atoms with van der Waals surface area (Å²) in [5.74, 6) is 0. The molecular formula is C10H8N4O2S. The summed E-state index contributed by atoms with van der Waals surface area (Å²) in [4.78, 5) is 8.06. The lowest BCUT2D eigenvalue weighted by molar-refractivity contribution is 0.607. The molecule has 0 saturated carbocycles. The van der Waals surface area contributed by atoms with Gasteiger partial charge in [0.1, 0.15) is 17.1 Å². The third-order valence-corrected chi connectivity index (χ3v) is 2.64. The van der Waals surface area contributed by atoms with E-state index in [0.29, 0.717) is 11.0 Å². The Labute approximate surface area is 98.0 Å². The van der Waals surface area contributed by atoms with Crippen LogP contribution in [0.15, 0.2) is 24.5 Å². The number of hydrogen-bond donors (Lipinski definition) is 1. The van der Waals surface area contributed by atoms with Crippen molar-refractivity contribution >= 4 is 26.7 Å². The molecule has 0 aliphatic heterocycles. The second-order valence-electron chi connectivity index (χ2n) is 3.40. The second kappa shape index (κ2) is 3.99. The molecule has 1 heterocycles. The zero-order chi connectivity index (χ0) is 12.5. The van der Waals surface area contributed by atoms with Gasteiger partial charge in [-0.25, -0.2) is 8.42 Å². The van der Waals surface area contributed by atoms with E-state index in [9.17, 15) is 8.42 Å². The normalized spacial score (nSPS) is 11.1. The minimum Gasteiger partial charge on any atom is -0.282 e. The third-order valence-electron chi connectivity index (χ3n) is 2.05. The highest BCUT2D eigenvalue weighted by Crippen LogP contribution is 2.22. The van der Waals surface area contributed by atoms with E-state index >= 15 is 0 Å². The standard InChI is InChI=1S/C10H8N4O2S/c1-17(15,16)14-8-2-3-9-10(7(8)6-11)13-5-4-12-9/h2-5,14H,1H3. The molecule has 7 heteroatoms. The number of nitriles is 1. The number of nitrogens with zero attached hydrogens (tertiary/aromatic N) is 3. The summed E-state index contributed by atoms with van der Waals surface area (Å²) in [7, 11) is -3.43. The van der Waals surface area contributed by atoms with Crippen LogP contribution in [-0.4, -0.2) is 24.6 Å². The Morgan fingerprint density at radius 1 is 1.29 bits per heavy atom. The first-order valence-electron chi connectivity index (χ1n) is 4.63. The van der Waals surface area contributed by atoms with Crippen molar-refractivity contribution in [3.63, 3.8) is 0 Å². The monoisotopic (exact) mass is 248 g/mol. The van der Waals surface area contributed by atoms with Gasteiger partial charge in [-0.05, 0) is 12.1 Å². The maximum atomic E-state index is 11.1. The Morgan fingerprint density at radius 2 is 2.00 bits per heavy atom. The van der Waals surface area contributed by atoms with Crippen molar-refractivity contribution in [1.29, 1.82) is 5.26 Å². The van der Waals surface area contributed by atoms with Crippen LogP contribution in [0.25, 0.3) is 11.0 Å². The first-order chi connectivity index (χ1) is 8.01. The Kier molecular flexibility index (Phi) is 2.65. The fourth-order valence-corrected chi connectivity index (χ4v) is 2.00. The van der Waals surface area contributed by atoms with Gasteiger partial charge in [0.2, 0.25) is 10.0 Å². The molecule has 86 valence electrons. The van der Waals surface area contributed by atoms with Crippen molar-refractivity contribution in [3.05, 3.63) is 30.1 Å². The maximum absolute atomic E-state index is 11.1. The molecule has 0 atom stereocenters. The van der Waals surface area contributed by atoms with E-state index in [1.54, 1.807) is 6.07 Å². The van der Waals surface area contributed by atoms with E-state index in [-0.39, 0.29) is 11.3 Å². The van der Waals surface area contributed by atoms with Crippen LogP contribution >= 0.6 is 0 Å². The smallest absolute Gasteiger partial charge is 0.229 e. The summed E-state index contributed by atoms with van der Waals surface area (Å²) >= 11 is 0. The fraction of sp³-hybridized carbons (Fsp3) is 0.100. The molecule has 0 bridgehead atoms. The third kappa shape index (κ3) is 2.32. The molecular weight excluding hydrogens is 240 g/mol. The van der Waals surface area contributed by atoms with Crippen molar-refractivity contribution < 1.29 is 8.42 Å². The molecule has 1 N–H and O–H groups in total. The average molecular weight is 248 g/mol. The Hall–Kier alpha value is -2.20. The predicted octanol–water partition coefficient (Wildman–Crippen LogP) is 0.873. The summed E-state index contributed by atoms with van der Waals surface area (Å²) in [5, 5.41) is 9.06. The lowest BCUT2D eigenvalue weighted by Gasteiger charge is -2.07. The number of rotatable bonds is 2. The fourth-order valence-electron chi connectivity index (χ4n) is 1.43. The first-order valence-corrected chi connectivity index (χ1v) is 6.52. The highest BCUT2D eigenvalue weighted by molar-refractivity contribution is 7.92. The van der Waals surface area contributed by atoms with E-state index in [4.69, 9.17) is 5.26 Å². The summed E-state index contributed by atoms with van der Waals surface area (Å²) in [6.45, 7) is 0. The van der Waals surface area contributed by atoms with Gasteiger partial charge < -0.3 is 0 Å². The Morgan fingerprint density at radius 3 is 2.65 bits per heavy atom. The molecule has 0 amide bonds. The van der Waals surface area contributed by atoms with Crippen molar-refractivity contribution in [3.8, 4) is 6.07 Å². The summed E-state index contributed by atoms with van der Waals surface area (Å²) in [6.07, 6.45) is 3.98. The van der Waals surface area contributed by atoms with Gasteiger partial charge in [-0.1, -0.05) is 0 Å². The zero-order valence-corrected chi connectivity index (χ0v) is 9.69. The van der Waals surface area contributed by atoms with Gasteiger partial charge in [0, 0.05) is 12.4 Å². The average Bonchev–Trinajstić information content (AvgIpc) is 2.27. The van der Waals surface area contributed by atoms with E-state index in [1.807, 2.05) is 6.07 Å². The molecule has 0 aliphatic carbocycles. The van der Waals surface area contributed by atoms with E-state index < -0.39 is 10.0 Å². The van der Waals surface area contributed by atoms with Crippen LogP contribution in [0.1, 0.15) is 5.56 Å². The van der Waals surface area contributed by atoms with Crippen LogP contribution in [0.2, 0.25) is 0 Å². The van der Waals surface area contributed by atoms with E-state index in [0.717, 1.165) is 6.26 Å². The molecule has 2 rings (SSSR count). The van der Waals surface area contributed by atoms with Crippen molar-refractivity contribution in [2.45, 2.75) is 0 Å². The van der Waals surface area contributed by atoms with E-state index in [1.165, 1.54) is 18.5 Å². The first kappa shape index (κ1) is 11.3. The van der Waals surface area contributed by atoms with Crippen LogP contribution < -0.4 is 4.72 Å². The molecule has 2 aromatic rings. The van der Waals surface area contributed by atoms with Crippen LogP contribution in [0.4, 0.5) is 5.69 Å². The quantitative estimate of drug-likeness (QED) is 0.850. The topological polar surface area (TPSA) is 95.7 Å². The summed E-state index contributed by atoms with van der Waals surface area (Å²) < 4.78 is 24.6. The summed E-state index contributed by atoms with van der Waals surface area (Å²) in [6, 6.07) is 5.04. The van der Waals surface area contributed by atoms with Crippen molar-refractivity contribution in [2.75, 3.05) is 11.0 Å². The molecule has 0 unspecified atom stereocenters. The van der Waals surface area contributed by atoms with Gasteiger partial charge in [-0.15, -0.1) is 0 Å². The number of nitrogens with one attached hydrogen (secondary N) is 1. The van der Waals surface area contributed by atoms with Gasteiger partial charge in [0.25, 0.3) is 0 Å². The minimum absolute atomic E-state index is 0.168. The molecule has 1 aromatic heterocycles. The predicted molar refractivity (Wildman–Crippen MR) is 62.7 cm³/mol. The van der Waals surface area contributed by atoms with E-state index in [2.05, 4.69) is 14.7 Å².